The minimum absolute atomic E-state index is 0. The molecule has 0 aliphatic carbocycles. The van der Waals surface area contributed by atoms with Gasteiger partial charge in [0.1, 0.15) is 23.4 Å². The van der Waals surface area contributed by atoms with Crippen LogP contribution in [-0.4, -0.2) is 89.2 Å². The monoisotopic (exact) mass is 832 g/mol. The number of amides is 2. The molecule has 1 saturated heterocycles. The maximum atomic E-state index is 13.0. The van der Waals surface area contributed by atoms with Crippen molar-refractivity contribution in [2.75, 3.05) is 45.7 Å². The Morgan fingerprint density at radius 3 is 2.44 bits per heavy atom. The number of aryl methyl sites for hydroxylation is 1. The Kier molecular flexibility index (Phi) is 17.1. The van der Waals surface area contributed by atoms with Gasteiger partial charge in [-0.05, 0) is 85.0 Å². The normalized spacial score (nSPS) is 13.6. The maximum Gasteiger partial charge on any atom is 0.411 e. The molecule has 12 heteroatoms. The van der Waals surface area contributed by atoms with Crippen LogP contribution >= 0.6 is 0 Å². The molecular formula is C49H60N4O8. The number of aromatic amines is 1. The van der Waals surface area contributed by atoms with Crippen molar-refractivity contribution < 1.29 is 34.1 Å². The van der Waals surface area contributed by atoms with E-state index in [4.69, 9.17) is 9.47 Å². The molecule has 1 aliphatic heterocycles. The Hall–Kier alpha value is -5.98. The Morgan fingerprint density at radius 1 is 0.918 bits per heavy atom. The second kappa shape index (κ2) is 22.6. The number of methoxy groups -OCH3 is 1. The standard InChI is InChI=1S/C48H56N4O8.CH4/c1-51(46(57)26-30-52-28-24-37(25-29-52)60-48(58)49-41-16-8-7-15-38(41)34-11-4-3-5-12-34)27-10-14-36(53)32-33-18-22-44(59-2)35(31-33)13-6-9-17-42(54)39-19-21-43(55)47-40(39)20-23-45(56)50-47;/h3-5,7-8,11-12,15-16,18-23,31,37,42,54-55H,6,9-10,13-14,17,24-30,32H2,1-2H3,(H,49,58)(H,50,56);1H4/t42-;/m0./s1. The van der Waals surface area contributed by atoms with Crippen LogP contribution in [-0.2, 0) is 27.2 Å². The third kappa shape index (κ3) is 13.0. The minimum atomic E-state index is -0.763. The summed E-state index contributed by atoms with van der Waals surface area (Å²) in [6.45, 7) is 2.61. The molecular weight excluding hydrogens is 773 g/mol. The van der Waals surface area contributed by atoms with Gasteiger partial charge in [-0.2, -0.15) is 0 Å². The summed E-state index contributed by atoms with van der Waals surface area (Å²) in [4.78, 5) is 57.0. The number of carbonyl (C=O) groups excluding carboxylic acids is 3. The number of fused-ring (bicyclic) bond motifs is 1. The van der Waals surface area contributed by atoms with Gasteiger partial charge in [0.05, 0.1) is 24.4 Å². The lowest BCUT2D eigenvalue weighted by molar-refractivity contribution is -0.130. The first-order valence-electron chi connectivity index (χ1n) is 20.9. The molecule has 0 radical (unpaired) electrons. The van der Waals surface area contributed by atoms with Crippen LogP contribution in [0.1, 0.15) is 81.6 Å². The molecule has 2 heterocycles. The van der Waals surface area contributed by atoms with Crippen molar-refractivity contribution in [1.29, 1.82) is 0 Å². The number of aromatic nitrogens is 1. The smallest absolute Gasteiger partial charge is 0.411 e. The van der Waals surface area contributed by atoms with Crippen molar-refractivity contribution in [2.24, 2.45) is 0 Å². The van der Waals surface area contributed by atoms with E-state index in [2.05, 4.69) is 15.2 Å². The number of aliphatic hydroxyl groups excluding tert-OH is 1. The van der Waals surface area contributed by atoms with Crippen LogP contribution in [0, 0.1) is 0 Å². The highest BCUT2D eigenvalue weighted by atomic mass is 16.6. The number of benzene rings is 4. The molecule has 1 atom stereocenters. The van der Waals surface area contributed by atoms with Crippen LogP contribution < -0.4 is 15.6 Å². The number of Topliss-reactive ketones (excluding diaryl/α,β-unsaturated/α-hetero) is 1. The first-order chi connectivity index (χ1) is 29.1. The number of ketones is 1. The number of carbonyl (C=O) groups is 3. The van der Waals surface area contributed by atoms with Crippen LogP contribution in [0.3, 0.4) is 0 Å². The van der Waals surface area contributed by atoms with Crippen LogP contribution in [0.2, 0.25) is 0 Å². The Bertz CT molecular complexity index is 2290. The summed E-state index contributed by atoms with van der Waals surface area (Å²) in [7, 11) is 3.41. The second-order valence-corrected chi connectivity index (χ2v) is 15.6. The lowest BCUT2D eigenvalue weighted by atomic mass is 9.96. The molecule has 1 aliphatic rings. The van der Waals surface area contributed by atoms with E-state index in [9.17, 15) is 29.4 Å². The fourth-order valence-corrected chi connectivity index (χ4v) is 7.90. The highest BCUT2D eigenvalue weighted by Crippen LogP contribution is 2.32. The maximum absolute atomic E-state index is 13.0. The molecule has 0 bridgehead atoms. The van der Waals surface area contributed by atoms with Crippen molar-refractivity contribution in [3.05, 3.63) is 124 Å². The quantitative estimate of drug-likeness (QED) is 0.0599. The number of nitrogens with one attached hydrogen (secondary N) is 2. The third-order valence-electron chi connectivity index (χ3n) is 11.3. The predicted molar refractivity (Wildman–Crippen MR) is 240 cm³/mol. The molecule has 61 heavy (non-hydrogen) atoms. The summed E-state index contributed by atoms with van der Waals surface area (Å²) in [6.07, 6.45) is 4.34. The summed E-state index contributed by atoms with van der Waals surface area (Å²) >= 11 is 0. The number of ether oxygens (including phenoxy) is 2. The number of likely N-dealkylation sites (tertiary alicyclic amines) is 1. The molecule has 12 nitrogen and oxygen atoms in total. The first kappa shape index (κ1) is 46.1. The van der Waals surface area contributed by atoms with Gasteiger partial charge in [0.25, 0.3) is 0 Å². The molecule has 4 aromatic carbocycles. The summed E-state index contributed by atoms with van der Waals surface area (Å²) in [5.41, 5.74) is 5.19. The molecule has 1 fully saturated rings. The fraction of sp³-hybridized carbons (Fsp3) is 0.388. The number of para-hydroxylation sites is 1. The molecule has 2 amide bonds. The van der Waals surface area contributed by atoms with Gasteiger partial charge in [-0.25, -0.2) is 4.79 Å². The van der Waals surface area contributed by atoms with Gasteiger partial charge in [-0.15, -0.1) is 0 Å². The number of phenolic OH excluding ortho intramolecular Hbond substituents is 1. The average Bonchev–Trinajstić information content (AvgIpc) is 3.25. The summed E-state index contributed by atoms with van der Waals surface area (Å²) in [5, 5.41) is 24.6. The lowest BCUT2D eigenvalue weighted by Gasteiger charge is -2.31. The van der Waals surface area contributed by atoms with Crippen molar-refractivity contribution in [3.8, 4) is 22.6 Å². The molecule has 6 rings (SSSR count). The summed E-state index contributed by atoms with van der Waals surface area (Å²) in [5.74, 6) is 0.858. The van der Waals surface area contributed by atoms with Crippen LogP contribution in [0.25, 0.3) is 22.0 Å². The van der Waals surface area contributed by atoms with Crippen molar-refractivity contribution in [2.45, 2.75) is 83.8 Å². The zero-order valence-electron chi connectivity index (χ0n) is 34.5. The highest BCUT2D eigenvalue weighted by molar-refractivity contribution is 5.91. The van der Waals surface area contributed by atoms with Crippen LogP contribution in [0.4, 0.5) is 10.5 Å². The molecule has 5 aromatic rings. The zero-order valence-corrected chi connectivity index (χ0v) is 34.5. The summed E-state index contributed by atoms with van der Waals surface area (Å²) in [6, 6.07) is 29.5. The number of piperidine rings is 1. The molecule has 0 unspecified atom stereocenters. The van der Waals surface area contributed by atoms with Crippen LogP contribution in [0.5, 0.6) is 11.5 Å². The number of nitrogens with zero attached hydrogens (tertiary/aromatic N) is 2. The molecule has 1 aromatic heterocycles. The Morgan fingerprint density at radius 2 is 1.67 bits per heavy atom. The van der Waals surface area contributed by atoms with Gasteiger partial charge >= 0.3 is 6.09 Å². The Labute approximate surface area is 358 Å². The van der Waals surface area contributed by atoms with E-state index in [-0.39, 0.29) is 36.5 Å². The average molecular weight is 833 g/mol. The van der Waals surface area contributed by atoms with Crippen molar-refractivity contribution >= 4 is 34.4 Å². The van der Waals surface area contributed by atoms with E-state index in [1.165, 1.54) is 12.1 Å². The van der Waals surface area contributed by atoms with E-state index in [1.807, 2.05) is 72.8 Å². The van der Waals surface area contributed by atoms with E-state index in [0.717, 1.165) is 53.9 Å². The lowest BCUT2D eigenvalue weighted by Crippen LogP contribution is -2.40. The minimum Gasteiger partial charge on any atom is -0.506 e. The molecule has 4 N–H and O–H groups in total. The third-order valence-corrected chi connectivity index (χ3v) is 11.3. The Balaban J connectivity index is 0.00000704. The number of hydrogen-bond donors (Lipinski definition) is 4. The van der Waals surface area contributed by atoms with Gasteiger partial charge in [-0.3, -0.25) is 19.7 Å². The topological polar surface area (TPSA) is 162 Å². The number of hydrogen-bond acceptors (Lipinski definition) is 9. The van der Waals surface area contributed by atoms with Gasteiger partial charge in [0.2, 0.25) is 11.5 Å². The van der Waals surface area contributed by atoms with E-state index >= 15 is 0 Å². The second-order valence-electron chi connectivity index (χ2n) is 15.6. The zero-order chi connectivity index (χ0) is 42.4. The summed E-state index contributed by atoms with van der Waals surface area (Å²) < 4.78 is 11.4. The van der Waals surface area contributed by atoms with Crippen molar-refractivity contribution in [1.82, 2.24) is 14.8 Å². The number of unbranched alkanes of at least 4 members (excludes halogenated alkanes) is 1. The van der Waals surface area contributed by atoms with E-state index < -0.39 is 12.2 Å². The largest absolute Gasteiger partial charge is 0.506 e. The number of aromatic hydroxyl groups is 1. The highest BCUT2D eigenvalue weighted by Gasteiger charge is 2.24. The van der Waals surface area contributed by atoms with Crippen LogP contribution in [0.15, 0.2) is 102 Å². The van der Waals surface area contributed by atoms with E-state index in [1.54, 1.807) is 31.2 Å². The van der Waals surface area contributed by atoms with Gasteiger partial charge in [-0.1, -0.05) is 80.6 Å². The number of phenols is 1. The number of anilines is 1. The van der Waals surface area contributed by atoms with Crippen molar-refractivity contribution in [3.63, 3.8) is 0 Å². The fourth-order valence-electron chi connectivity index (χ4n) is 7.90. The number of rotatable bonds is 19. The number of pyridine rings is 1. The SMILES string of the molecule is C.COc1ccc(CC(=O)CCCN(C)C(=O)CCN2CCC(OC(=O)Nc3ccccc3-c3ccccc3)CC2)cc1CCCC[C@H](O)c1ccc(O)c2[nH]c(=O)ccc12. The van der Waals surface area contributed by atoms with Gasteiger partial charge in [0, 0.05) is 69.5 Å². The van der Waals surface area contributed by atoms with Gasteiger partial charge in [0.15, 0.2) is 0 Å². The van der Waals surface area contributed by atoms with E-state index in [0.29, 0.717) is 86.6 Å². The first-order valence-corrected chi connectivity index (χ1v) is 20.9. The molecule has 0 spiro atoms. The molecule has 324 valence electrons. The number of H-pyrrole nitrogens is 1. The predicted octanol–water partition coefficient (Wildman–Crippen LogP) is 8.45. The number of aliphatic hydroxyl groups is 1. The molecule has 0 saturated carbocycles. The van der Waals surface area contributed by atoms with Gasteiger partial charge < -0.3 is 34.5 Å².